The maximum atomic E-state index is 13.0. The third kappa shape index (κ3) is 4.21. The van der Waals surface area contributed by atoms with E-state index >= 15 is 0 Å². The van der Waals surface area contributed by atoms with Crippen molar-refractivity contribution >= 4 is 17.8 Å². The zero-order valence-corrected chi connectivity index (χ0v) is 16.3. The van der Waals surface area contributed by atoms with Crippen LogP contribution in [0.5, 0.6) is 0 Å². The number of nitrogens with two attached hydrogens (primary N) is 1. The average Bonchev–Trinajstić information content (AvgIpc) is 3.24. The van der Waals surface area contributed by atoms with E-state index in [2.05, 4.69) is 22.2 Å². The first kappa shape index (κ1) is 19.5. The Morgan fingerprint density at radius 1 is 1.19 bits per heavy atom. The number of carbonyl (C=O) groups excluding carboxylic acids is 2. The van der Waals surface area contributed by atoms with Crippen molar-refractivity contribution in [2.75, 3.05) is 32.0 Å². The summed E-state index contributed by atoms with van der Waals surface area (Å²) in [6.45, 7) is 4.53. The van der Waals surface area contributed by atoms with Gasteiger partial charge in [-0.15, -0.1) is 0 Å². The van der Waals surface area contributed by atoms with Gasteiger partial charge in [-0.25, -0.2) is 9.97 Å². The smallest absolute Gasteiger partial charge is 0.273 e. The van der Waals surface area contributed by atoms with Gasteiger partial charge in [-0.2, -0.15) is 0 Å². The molecule has 3 N–H and O–H groups in total. The summed E-state index contributed by atoms with van der Waals surface area (Å²) in [7, 11) is 1.75. The van der Waals surface area contributed by atoms with E-state index in [1.54, 1.807) is 11.9 Å². The number of hydrogen-bond donors (Lipinski definition) is 2. The molecule has 3 heterocycles. The summed E-state index contributed by atoms with van der Waals surface area (Å²) in [6.07, 6.45) is 5.29. The fourth-order valence-corrected chi connectivity index (χ4v) is 3.74. The highest BCUT2D eigenvalue weighted by atomic mass is 16.2. The molecular formula is C19H30N6O2. The van der Waals surface area contributed by atoms with Crippen molar-refractivity contribution in [3.8, 4) is 0 Å². The van der Waals surface area contributed by atoms with Crippen molar-refractivity contribution in [1.82, 2.24) is 19.8 Å². The van der Waals surface area contributed by atoms with Crippen LogP contribution in [0.4, 0.5) is 5.95 Å². The third-order valence-corrected chi connectivity index (χ3v) is 5.38. The van der Waals surface area contributed by atoms with E-state index in [0.717, 1.165) is 50.0 Å². The van der Waals surface area contributed by atoms with Crippen LogP contribution in [0.15, 0.2) is 0 Å². The Balaban J connectivity index is 1.85. The Kier molecular flexibility index (Phi) is 6.26. The van der Waals surface area contributed by atoms with Crippen molar-refractivity contribution in [2.45, 2.75) is 58.0 Å². The van der Waals surface area contributed by atoms with E-state index in [4.69, 9.17) is 5.73 Å². The first-order valence-corrected chi connectivity index (χ1v) is 9.96. The molecule has 0 bridgehead atoms. The molecule has 27 heavy (non-hydrogen) atoms. The monoisotopic (exact) mass is 374 g/mol. The van der Waals surface area contributed by atoms with Crippen LogP contribution in [0.25, 0.3) is 0 Å². The molecule has 3 rings (SSSR count). The molecule has 1 aromatic heterocycles. The minimum absolute atomic E-state index is 0.0497. The number of carbonyl (C=O) groups is 2. The van der Waals surface area contributed by atoms with Gasteiger partial charge >= 0.3 is 0 Å². The topological polar surface area (TPSA) is 104 Å². The normalized spacial score (nSPS) is 17.6. The molecule has 148 valence electrons. The predicted molar refractivity (Wildman–Crippen MR) is 103 cm³/mol. The molecular weight excluding hydrogens is 344 g/mol. The second-order valence-electron chi connectivity index (χ2n) is 7.33. The maximum absolute atomic E-state index is 13.0. The highest BCUT2D eigenvalue weighted by Gasteiger charge is 2.31. The quantitative estimate of drug-likeness (QED) is 0.774. The van der Waals surface area contributed by atoms with Gasteiger partial charge in [0.2, 0.25) is 11.9 Å². The number of aromatic nitrogens is 2. The fraction of sp³-hybridized carbons (Fsp3) is 0.684. The average molecular weight is 374 g/mol. The molecule has 1 aromatic rings. The molecule has 8 nitrogen and oxygen atoms in total. The summed E-state index contributed by atoms with van der Waals surface area (Å²) in [4.78, 5) is 38.3. The molecule has 0 saturated carbocycles. The Morgan fingerprint density at radius 3 is 2.59 bits per heavy atom. The summed E-state index contributed by atoms with van der Waals surface area (Å²) in [6, 6.07) is -0.485. The van der Waals surface area contributed by atoms with Crippen LogP contribution in [0.2, 0.25) is 0 Å². The molecule has 0 spiro atoms. The van der Waals surface area contributed by atoms with E-state index in [1.807, 2.05) is 4.90 Å². The van der Waals surface area contributed by atoms with Gasteiger partial charge in [0.05, 0.1) is 11.7 Å². The first-order chi connectivity index (χ1) is 13.0. The highest BCUT2D eigenvalue weighted by molar-refractivity contribution is 5.94. The Morgan fingerprint density at radius 2 is 1.93 bits per heavy atom. The van der Waals surface area contributed by atoms with Gasteiger partial charge in [-0.1, -0.05) is 19.8 Å². The van der Waals surface area contributed by atoms with Gasteiger partial charge in [0.1, 0.15) is 5.69 Å². The number of fused-ring (bicyclic) bond motifs is 1. The number of likely N-dealkylation sites (tertiary alicyclic amines) is 1. The van der Waals surface area contributed by atoms with Crippen LogP contribution < -0.4 is 11.1 Å². The van der Waals surface area contributed by atoms with Crippen LogP contribution in [0.1, 0.15) is 60.8 Å². The van der Waals surface area contributed by atoms with Gasteiger partial charge in [-0.05, 0) is 19.3 Å². The molecule has 8 heteroatoms. The van der Waals surface area contributed by atoms with Crippen molar-refractivity contribution in [2.24, 2.45) is 5.73 Å². The molecule has 2 aliphatic rings. The molecule has 0 radical (unpaired) electrons. The van der Waals surface area contributed by atoms with E-state index < -0.39 is 6.04 Å². The van der Waals surface area contributed by atoms with Gasteiger partial charge in [0, 0.05) is 45.2 Å². The molecule has 0 aliphatic carbocycles. The first-order valence-electron chi connectivity index (χ1n) is 9.96. The second kappa shape index (κ2) is 8.65. The number of nitrogens with one attached hydrogen (secondary N) is 1. The van der Waals surface area contributed by atoms with Gasteiger partial charge in [0.25, 0.3) is 5.91 Å². The summed E-state index contributed by atoms with van der Waals surface area (Å²) >= 11 is 0. The standard InChI is InChI=1S/C19H30N6O2/c1-3-4-7-14(20)17(26)25-11-8-15-13(12-25)16(23-19(21-2)22-15)18(27)24-9-5-6-10-24/h14H,3-12,20H2,1-2H3,(H,21,22,23)/t14-/m0/s1. The minimum atomic E-state index is -0.485. The summed E-state index contributed by atoms with van der Waals surface area (Å²) in [5, 5.41) is 2.94. The molecule has 2 aliphatic heterocycles. The number of nitrogens with zero attached hydrogens (tertiary/aromatic N) is 4. The molecule has 0 aromatic carbocycles. The van der Waals surface area contributed by atoms with Crippen LogP contribution >= 0.6 is 0 Å². The minimum Gasteiger partial charge on any atom is -0.357 e. The van der Waals surface area contributed by atoms with Crippen molar-refractivity contribution < 1.29 is 9.59 Å². The maximum Gasteiger partial charge on any atom is 0.273 e. The number of anilines is 1. The van der Waals surface area contributed by atoms with Crippen molar-refractivity contribution in [3.05, 3.63) is 17.0 Å². The van der Waals surface area contributed by atoms with Gasteiger partial charge < -0.3 is 20.9 Å². The SMILES string of the molecule is CCCC[C@H](N)C(=O)N1CCc2nc(NC)nc(C(=O)N3CCCC3)c2C1. The Labute approximate surface area is 160 Å². The van der Waals surface area contributed by atoms with Gasteiger partial charge in [-0.3, -0.25) is 9.59 Å². The van der Waals surface area contributed by atoms with E-state index in [0.29, 0.717) is 37.6 Å². The molecule has 0 unspecified atom stereocenters. The van der Waals surface area contributed by atoms with Crippen LogP contribution in [0, 0.1) is 0 Å². The molecule has 1 saturated heterocycles. The summed E-state index contributed by atoms with van der Waals surface area (Å²) < 4.78 is 0. The largest absolute Gasteiger partial charge is 0.357 e. The highest BCUT2D eigenvalue weighted by Crippen LogP contribution is 2.24. The lowest BCUT2D eigenvalue weighted by Crippen LogP contribution is -2.46. The zero-order chi connectivity index (χ0) is 19.4. The Hall–Kier alpha value is -2.22. The molecule has 1 atom stereocenters. The van der Waals surface area contributed by atoms with Crippen LogP contribution in [0.3, 0.4) is 0 Å². The van der Waals surface area contributed by atoms with E-state index in [-0.39, 0.29) is 11.8 Å². The van der Waals surface area contributed by atoms with E-state index in [9.17, 15) is 9.59 Å². The van der Waals surface area contributed by atoms with Crippen LogP contribution in [-0.4, -0.2) is 64.3 Å². The lowest BCUT2D eigenvalue weighted by Gasteiger charge is -2.31. The van der Waals surface area contributed by atoms with Crippen molar-refractivity contribution in [1.29, 1.82) is 0 Å². The predicted octanol–water partition coefficient (Wildman–Crippen LogP) is 1.16. The van der Waals surface area contributed by atoms with Crippen molar-refractivity contribution in [3.63, 3.8) is 0 Å². The van der Waals surface area contributed by atoms with E-state index in [1.165, 1.54) is 0 Å². The number of rotatable bonds is 6. The summed E-state index contributed by atoms with van der Waals surface area (Å²) in [5.41, 5.74) is 8.13. The van der Waals surface area contributed by atoms with Gasteiger partial charge in [0.15, 0.2) is 0 Å². The Bertz CT molecular complexity index is 702. The molecule has 1 fully saturated rings. The molecule has 2 amide bonds. The third-order valence-electron chi connectivity index (χ3n) is 5.38. The second-order valence-corrected chi connectivity index (χ2v) is 7.33. The van der Waals surface area contributed by atoms with Crippen LogP contribution in [-0.2, 0) is 17.8 Å². The number of hydrogen-bond acceptors (Lipinski definition) is 6. The summed E-state index contributed by atoms with van der Waals surface area (Å²) in [5.74, 6) is 0.342. The number of amides is 2. The lowest BCUT2D eigenvalue weighted by molar-refractivity contribution is -0.133. The fourth-order valence-electron chi connectivity index (χ4n) is 3.74. The number of unbranched alkanes of at least 4 members (excludes halogenated alkanes) is 1. The zero-order valence-electron chi connectivity index (χ0n) is 16.3. The lowest BCUT2D eigenvalue weighted by atomic mass is 10.0.